The van der Waals surface area contributed by atoms with Gasteiger partial charge in [-0.25, -0.2) is 4.98 Å². The van der Waals surface area contributed by atoms with Gasteiger partial charge in [0, 0.05) is 18.1 Å². The first kappa shape index (κ1) is 17.5. The summed E-state index contributed by atoms with van der Waals surface area (Å²) >= 11 is 1.48. The van der Waals surface area contributed by atoms with Crippen LogP contribution in [0.2, 0.25) is 0 Å². The Bertz CT molecular complexity index is 817. The zero-order valence-electron chi connectivity index (χ0n) is 14.3. The number of nitrogens with zero attached hydrogens (tertiary/aromatic N) is 1. The molecule has 0 saturated carbocycles. The normalized spacial score (nSPS) is 16.2. The summed E-state index contributed by atoms with van der Waals surface area (Å²) in [7, 11) is 0. The van der Waals surface area contributed by atoms with Gasteiger partial charge in [-0.1, -0.05) is 30.8 Å². The molecule has 1 aromatic heterocycles. The Hall–Kier alpha value is -2.28. The van der Waals surface area contributed by atoms with E-state index in [-0.39, 0.29) is 23.8 Å². The molecule has 1 atom stereocenters. The van der Waals surface area contributed by atoms with Crippen LogP contribution in [0, 0.1) is 0 Å². The van der Waals surface area contributed by atoms with Crippen molar-refractivity contribution < 1.29 is 9.53 Å². The molecule has 132 valence electrons. The maximum atomic E-state index is 12.6. The van der Waals surface area contributed by atoms with Crippen LogP contribution in [0.4, 0.5) is 5.82 Å². The van der Waals surface area contributed by atoms with Gasteiger partial charge in [-0.05, 0) is 31.0 Å². The molecule has 6 nitrogen and oxygen atoms in total. The minimum absolute atomic E-state index is 0.129. The molecule has 2 heterocycles. The van der Waals surface area contributed by atoms with Crippen molar-refractivity contribution in [2.24, 2.45) is 0 Å². The van der Waals surface area contributed by atoms with Gasteiger partial charge in [-0.3, -0.25) is 9.59 Å². The summed E-state index contributed by atoms with van der Waals surface area (Å²) < 4.78 is 5.45. The van der Waals surface area contributed by atoms with Crippen LogP contribution < -0.4 is 15.6 Å². The second kappa shape index (κ2) is 7.74. The third-order valence-corrected chi connectivity index (χ3v) is 5.04. The Morgan fingerprint density at radius 3 is 2.68 bits per heavy atom. The summed E-state index contributed by atoms with van der Waals surface area (Å²) in [6, 6.07) is 7.52. The Labute approximate surface area is 150 Å². The van der Waals surface area contributed by atoms with E-state index in [0.717, 1.165) is 23.5 Å². The SMILES string of the molecule is CCCSc1nc2c(c(=O)[nH]1)[C@@H](c1ccc(OCC)cc1)CC(=O)N2. The molecule has 3 rings (SSSR count). The number of thioether (sulfide) groups is 1. The molecular formula is C18H21N3O3S. The summed E-state index contributed by atoms with van der Waals surface area (Å²) in [6.07, 6.45) is 1.21. The number of hydrogen-bond donors (Lipinski definition) is 2. The van der Waals surface area contributed by atoms with Crippen LogP contribution in [-0.4, -0.2) is 28.2 Å². The van der Waals surface area contributed by atoms with E-state index < -0.39 is 0 Å². The standard InChI is InChI=1S/C18H21N3O3S/c1-3-9-25-18-20-16-15(17(23)21-18)13(10-14(22)19-16)11-5-7-12(8-6-11)24-4-2/h5-8,13H,3-4,9-10H2,1-2H3,(H2,19,20,21,22,23)/t13-/m1/s1. The van der Waals surface area contributed by atoms with Gasteiger partial charge < -0.3 is 15.0 Å². The molecule has 1 aliphatic rings. The fraction of sp³-hybridized carbons (Fsp3) is 0.389. The molecule has 2 aromatic rings. The van der Waals surface area contributed by atoms with E-state index in [1.54, 1.807) is 0 Å². The van der Waals surface area contributed by atoms with E-state index in [2.05, 4.69) is 22.2 Å². The van der Waals surface area contributed by atoms with Crippen LogP contribution in [0.1, 0.15) is 43.7 Å². The molecule has 0 radical (unpaired) electrons. The summed E-state index contributed by atoms with van der Waals surface area (Å²) in [4.78, 5) is 32.0. The van der Waals surface area contributed by atoms with E-state index in [0.29, 0.717) is 23.1 Å². The largest absolute Gasteiger partial charge is 0.494 e. The highest BCUT2D eigenvalue weighted by atomic mass is 32.2. The molecule has 0 fully saturated rings. The molecule has 1 aromatic carbocycles. The average Bonchev–Trinajstić information content (AvgIpc) is 2.60. The maximum absolute atomic E-state index is 12.6. The number of rotatable bonds is 6. The van der Waals surface area contributed by atoms with E-state index in [1.165, 1.54) is 11.8 Å². The van der Waals surface area contributed by atoms with Gasteiger partial charge in [0.1, 0.15) is 11.6 Å². The number of carbonyl (C=O) groups excluding carboxylic acids is 1. The monoisotopic (exact) mass is 359 g/mol. The third-order valence-electron chi connectivity index (χ3n) is 3.97. The second-order valence-corrected chi connectivity index (χ2v) is 6.87. The van der Waals surface area contributed by atoms with Crippen molar-refractivity contribution in [2.75, 3.05) is 17.7 Å². The summed E-state index contributed by atoms with van der Waals surface area (Å²) in [6.45, 7) is 4.58. The smallest absolute Gasteiger partial charge is 0.257 e. The molecule has 0 bridgehead atoms. The molecule has 0 aliphatic carbocycles. The zero-order valence-corrected chi connectivity index (χ0v) is 15.1. The number of fused-ring (bicyclic) bond motifs is 1. The highest BCUT2D eigenvalue weighted by molar-refractivity contribution is 7.99. The van der Waals surface area contributed by atoms with E-state index in [9.17, 15) is 9.59 Å². The number of aromatic amines is 1. The van der Waals surface area contributed by atoms with Gasteiger partial charge >= 0.3 is 0 Å². The average molecular weight is 359 g/mol. The number of anilines is 1. The highest BCUT2D eigenvalue weighted by Crippen LogP contribution is 2.35. The maximum Gasteiger partial charge on any atom is 0.257 e. The Morgan fingerprint density at radius 1 is 1.24 bits per heavy atom. The lowest BCUT2D eigenvalue weighted by molar-refractivity contribution is -0.116. The summed E-state index contributed by atoms with van der Waals surface area (Å²) in [5.74, 6) is 1.57. The lowest BCUT2D eigenvalue weighted by Crippen LogP contribution is -2.31. The van der Waals surface area contributed by atoms with Gasteiger partial charge in [0.05, 0.1) is 12.2 Å². The summed E-state index contributed by atoms with van der Waals surface area (Å²) in [5.41, 5.74) is 1.23. The minimum Gasteiger partial charge on any atom is -0.494 e. The van der Waals surface area contributed by atoms with E-state index in [4.69, 9.17) is 4.74 Å². The van der Waals surface area contributed by atoms with Crippen LogP contribution in [0.15, 0.2) is 34.2 Å². The quantitative estimate of drug-likeness (QED) is 0.611. The predicted molar refractivity (Wildman–Crippen MR) is 98.6 cm³/mol. The molecular weight excluding hydrogens is 338 g/mol. The van der Waals surface area contributed by atoms with Gasteiger partial charge in [-0.15, -0.1) is 0 Å². The van der Waals surface area contributed by atoms with Crippen molar-refractivity contribution in [3.8, 4) is 5.75 Å². The molecule has 25 heavy (non-hydrogen) atoms. The number of nitrogens with one attached hydrogen (secondary N) is 2. The van der Waals surface area contributed by atoms with Crippen molar-refractivity contribution in [3.05, 3.63) is 45.7 Å². The first-order valence-electron chi connectivity index (χ1n) is 8.42. The molecule has 2 N–H and O–H groups in total. The molecule has 7 heteroatoms. The first-order valence-corrected chi connectivity index (χ1v) is 9.40. The highest BCUT2D eigenvalue weighted by Gasteiger charge is 2.30. The topological polar surface area (TPSA) is 84.1 Å². The zero-order chi connectivity index (χ0) is 17.8. The number of amides is 1. The van der Waals surface area contributed by atoms with Crippen LogP contribution >= 0.6 is 11.8 Å². The van der Waals surface area contributed by atoms with Crippen LogP contribution in [0.25, 0.3) is 0 Å². The number of hydrogen-bond acceptors (Lipinski definition) is 5. The van der Waals surface area contributed by atoms with Gasteiger partial charge in [0.25, 0.3) is 5.56 Å². The predicted octanol–water partition coefficient (Wildman–Crippen LogP) is 3.14. The number of ether oxygens (including phenoxy) is 1. The summed E-state index contributed by atoms with van der Waals surface area (Å²) in [5, 5.41) is 3.28. The Morgan fingerprint density at radius 2 is 2.00 bits per heavy atom. The van der Waals surface area contributed by atoms with Gasteiger partial charge in [0.2, 0.25) is 5.91 Å². The molecule has 0 spiro atoms. The first-order chi connectivity index (χ1) is 12.1. The van der Waals surface area contributed by atoms with Crippen LogP contribution in [-0.2, 0) is 4.79 Å². The molecule has 0 unspecified atom stereocenters. The fourth-order valence-corrected chi connectivity index (χ4v) is 3.58. The minimum atomic E-state index is -0.305. The molecule has 0 saturated heterocycles. The molecule has 1 aliphatic heterocycles. The van der Waals surface area contributed by atoms with Crippen LogP contribution in [0.5, 0.6) is 5.75 Å². The van der Waals surface area contributed by atoms with Crippen molar-refractivity contribution in [2.45, 2.75) is 37.8 Å². The van der Waals surface area contributed by atoms with Crippen molar-refractivity contribution in [1.82, 2.24) is 9.97 Å². The number of aromatic nitrogens is 2. The van der Waals surface area contributed by atoms with E-state index >= 15 is 0 Å². The lowest BCUT2D eigenvalue weighted by Gasteiger charge is -2.24. The number of H-pyrrole nitrogens is 1. The van der Waals surface area contributed by atoms with E-state index in [1.807, 2.05) is 31.2 Å². The molecule has 1 amide bonds. The van der Waals surface area contributed by atoms with Gasteiger partial charge in [0.15, 0.2) is 5.16 Å². The van der Waals surface area contributed by atoms with Crippen molar-refractivity contribution in [1.29, 1.82) is 0 Å². The van der Waals surface area contributed by atoms with Gasteiger partial charge in [-0.2, -0.15) is 0 Å². The number of benzene rings is 1. The Balaban J connectivity index is 1.98. The lowest BCUT2D eigenvalue weighted by atomic mass is 9.87. The Kier molecular flexibility index (Phi) is 5.43. The third kappa shape index (κ3) is 3.87. The van der Waals surface area contributed by atoms with Crippen molar-refractivity contribution >= 4 is 23.5 Å². The number of carbonyl (C=O) groups is 1. The second-order valence-electron chi connectivity index (χ2n) is 5.79. The fourth-order valence-electron chi connectivity index (χ4n) is 2.87. The van der Waals surface area contributed by atoms with Crippen LogP contribution in [0.3, 0.4) is 0 Å². The van der Waals surface area contributed by atoms with Crippen molar-refractivity contribution in [3.63, 3.8) is 0 Å².